The standard InChI is InChI=1S/C12H21N3O2/c1-3-15(9-4-6-13-7-5-9)10-8-11(16)14(2)12(10)17/h9-10,13H,3-8H2,1-2H3. The Morgan fingerprint density at radius 2 is 2.00 bits per heavy atom. The van der Waals surface area contributed by atoms with E-state index in [0.717, 1.165) is 32.5 Å². The third-order valence-corrected chi connectivity index (χ3v) is 3.90. The van der Waals surface area contributed by atoms with Crippen LogP contribution in [0.15, 0.2) is 0 Å². The maximum atomic E-state index is 12.0. The van der Waals surface area contributed by atoms with Crippen molar-refractivity contribution in [3.8, 4) is 0 Å². The molecular weight excluding hydrogens is 218 g/mol. The van der Waals surface area contributed by atoms with E-state index in [1.165, 1.54) is 4.90 Å². The van der Waals surface area contributed by atoms with E-state index in [1.54, 1.807) is 7.05 Å². The van der Waals surface area contributed by atoms with Crippen LogP contribution in [-0.4, -0.2) is 60.4 Å². The molecule has 2 saturated heterocycles. The minimum atomic E-state index is -0.222. The highest BCUT2D eigenvalue weighted by Crippen LogP contribution is 2.22. The Morgan fingerprint density at radius 3 is 2.47 bits per heavy atom. The first-order valence-corrected chi connectivity index (χ1v) is 6.42. The summed E-state index contributed by atoms with van der Waals surface area (Å²) >= 11 is 0. The van der Waals surface area contributed by atoms with Gasteiger partial charge in [-0.2, -0.15) is 0 Å². The summed E-state index contributed by atoms with van der Waals surface area (Å²) in [6, 6.07) is 0.218. The normalized spacial score (nSPS) is 27.2. The fraction of sp³-hybridized carbons (Fsp3) is 0.833. The number of nitrogens with one attached hydrogen (secondary N) is 1. The molecule has 2 heterocycles. The van der Waals surface area contributed by atoms with Gasteiger partial charge in [-0.15, -0.1) is 0 Å². The Labute approximate surface area is 102 Å². The third-order valence-electron chi connectivity index (χ3n) is 3.90. The minimum Gasteiger partial charge on any atom is -0.317 e. The maximum Gasteiger partial charge on any atom is 0.246 e. The number of hydrogen-bond acceptors (Lipinski definition) is 4. The number of imide groups is 1. The molecule has 2 rings (SSSR count). The summed E-state index contributed by atoms with van der Waals surface area (Å²) in [7, 11) is 1.58. The van der Waals surface area contributed by atoms with Gasteiger partial charge in [0.05, 0.1) is 12.5 Å². The molecule has 0 radical (unpaired) electrons. The van der Waals surface area contributed by atoms with E-state index < -0.39 is 0 Å². The fourth-order valence-corrected chi connectivity index (χ4v) is 2.87. The van der Waals surface area contributed by atoms with Crippen molar-refractivity contribution in [3.05, 3.63) is 0 Å². The van der Waals surface area contributed by atoms with Gasteiger partial charge in [0, 0.05) is 13.1 Å². The molecule has 2 amide bonds. The van der Waals surface area contributed by atoms with Gasteiger partial charge in [0.25, 0.3) is 0 Å². The predicted octanol–water partition coefficient (Wildman–Crippen LogP) is -0.182. The maximum absolute atomic E-state index is 12.0. The van der Waals surface area contributed by atoms with Crippen molar-refractivity contribution < 1.29 is 9.59 Å². The minimum absolute atomic E-state index is 0.0321. The lowest BCUT2D eigenvalue weighted by atomic mass is 10.0. The molecule has 0 aliphatic carbocycles. The average Bonchev–Trinajstić information content (AvgIpc) is 2.60. The Hall–Kier alpha value is -0.940. The summed E-state index contributed by atoms with van der Waals surface area (Å²) in [5.41, 5.74) is 0. The van der Waals surface area contributed by atoms with Crippen LogP contribution in [0.25, 0.3) is 0 Å². The predicted molar refractivity (Wildman–Crippen MR) is 64.5 cm³/mol. The molecular formula is C12H21N3O2. The quantitative estimate of drug-likeness (QED) is 0.694. The molecule has 1 unspecified atom stereocenters. The number of piperidine rings is 1. The number of likely N-dealkylation sites (tertiary alicyclic amines) is 1. The summed E-state index contributed by atoms with van der Waals surface area (Å²) in [5.74, 6) is -0.0808. The smallest absolute Gasteiger partial charge is 0.246 e. The second-order valence-corrected chi connectivity index (χ2v) is 4.82. The molecule has 0 aromatic carbocycles. The Balaban J connectivity index is 2.07. The molecule has 17 heavy (non-hydrogen) atoms. The van der Waals surface area contributed by atoms with Gasteiger partial charge in [-0.05, 0) is 32.5 Å². The number of amides is 2. The molecule has 0 bridgehead atoms. The van der Waals surface area contributed by atoms with E-state index >= 15 is 0 Å². The monoisotopic (exact) mass is 239 g/mol. The van der Waals surface area contributed by atoms with Gasteiger partial charge in [0.15, 0.2) is 0 Å². The molecule has 5 nitrogen and oxygen atoms in total. The molecule has 1 atom stereocenters. The van der Waals surface area contributed by atoms with E-state index in [1.807, 2.05) is 0 Å². The summed E-state index contributed by atoms with van der Waals surface area (Å²) in [6.07, 6.45) is 2.48. The molecule has 1 N–H and O–H groups in total. The summed E-state index contributed by atoms with van der Waals surface area (Å²) in [4.78, 5) is 27.1. The van der Waals surface area contributed by atoms with Crippen LogP contribution in [0.5, 0.6) is 0 Å². The molecule has 2 aliphatic heterocycles. The lowest BCUT2D eigenvalue weighted by Gasteiger charge is -2.36. The molecule has 0 aromatic heterocycles. The van der Waals surface area contributed by atoms with Crippen molar-refractivity contribution in [2.75, 3.05) is 26.7 Å². The topological polar surface area (TPSA) is 52.7 Å². The van der Waals surface area contributed by atoms with Crippen LogP contribution in [-0.2, 0) is 9.59 Å². The van der Waals surface area contributed by atoms with Gasteiger partial charge in [0.2, 0.25) is 11.8 Å². The Morgan fingerprint density at radius 1 is 1.35 bits per heavy atom. The zero-order chi connectivity index (χ0) is 12.4. The number of carbonyl (C=O) groups is 2. The van der Waals surface area contributed by atoms with Crippen LogP contribution in [0.3, 0.4) is 0 Å². The van der Waals surface area contributed by atoms with Gasteiger partial charge in [0.1, 0.15) is 0 Å². The Kier molecular flexibility index (Phi) is 3.79. The SMILES string of the molecule is CCN(C1CCNCC1)C1CC(=O)N(C)C1=O. The summed E-state index contributed by atoms with van der Waals surface area (Å²) < 4.78 is 0. The molecule has 2 fully saturated rings. The third kappa shape index (κ3) is 2.35. The van der Waals surface area contributed by atoms with E-state index in [2.05, 4.69) is 17.1 Å². The van der Waals surface area contributed by atoms with E-state index in [0.29, 0.717) is 12.5 Å². The number of carbonyl (C=O) groups excluding carboxylic acids is 2. The van der Waals surface area contributed by atoms with E-state index in [-0.39, 0.29) is 17.9 Å². The number of rotatable bonds is 3. The fourth-order valence-electron chi connectivity index (χ4n) is 2.87. The molecule has 2 aliphatic rings. The number of nitrogens with zero attached hydrogens (tertiary/aromatic N) is 2. The first-order valence-electron chi connectivity index (χ1n) is 6.42. The lowest BCUT2D eigenvalue weighted by Crippen LogP contribution is -2.50. The van der Waals surface area contributed by atoms with Crippen LogP contribution >= 0.6 is 0 Å². The van der Waals surface area contributed by atoms with E-state index in [9.17, 15) is 9.59 Å². The molecule has 0 spiro atoms. The highest BCUT2D eigenvalue weighted by atomic mass is 16.2. The lowest BCUT2D eigenvalue weighted by molar-refractivity contribution is -0.138. The first kappa shape index (κ1) is 12.5. The van der Waals surface area contributed by atoms with Gasteiger partial charge in [-0.25, -0.2) is 0 Å². The van der Waals surface area contributed by atoms with Crippen molar-refractivity contribution in [1.29, 1.82) is 0 Å². The van der Waals surface area contributed by atoms with Crippen molar-refractivity contribution in [3.63, 3.8) is 0 Å². The van der Waals surface area contributed by atoms with Crippen LogP contribution in [0.4, 0.5) is 0 Å². The number of hydrogen-bond donors (Lipinski definition) is 1. The van der Waals surface area contributed by atoms with Gasteiger partial charge in [-0.3, -0.25) is 19.4 Å². The van der Waals surface area contributed by atoms with E-state index in [4.69, 9.17) is 0 Å². The Bertz CT molecular complexity index is 313. The van der Waals surface area contributed by atoms with Crippen molar-refractivity contribution in [2.45, 2.75) is 38.3 Å². The molecule has 0 aromatic rings. The highest BCUT2D eigenvalue weighted by Gasteiger charge is 2.41. The molecule has 96 valence electrons. The first-order chi connectivity index (χ1) is 8.15. The van der Waals surface area contributed by atoms with Crippen molar-refractivity contribution >= 4 is 11.8 Å². The van der Waals surface area contributed by atoms with Crippen LogP contribution in [0.1, 0.15) is 26.2 Å². The van der Waals surface area contributed by atoms with Gasteiger partial charge < -0.3 is 5.32 Å². The van der Waals surface area contributed by atoms with Gasteiger partial charge in [-0.1, -0.05) is 6.92 Å². The second-order valence-electron chi connectivity index (χ2n) is 4.82. The van der Waals surface area contributed by atoms with Gasteiger partial charge >= 0.3 is 0 Å². The van der Waals surface area contributed by atoms with Crippen LogP contribution in [0.2, 0.25) is 0 Å². The summed E-state index contributed by atoms with van der Waals surface area (Å²) in [6.45, 7) is 4.91. The second kappa shape index (κ2) is 5.14. The zero-order valence-electron chi connectivity index (χ0n) is 10.6. The van der Waals surface area contributed by atoms with Crippen molar-refractivity contribution in [2.24, 2.45) is 0 Å². The van der Waals surface area contributed by atoms with Crippen LogP contribution in [0, 0.1) is 0 Å². The van der Waals surface area contributed by atoms with Crippen LogP contribution < -0.4 is 5.32 Å². The zero-order valence-corrected chi connectivity index (χ0v) is 10.6. The van der Waals surface area contributed by atoms with Crippen molar-refractivity contribution in [1.82, 2.24) is 15.1 Å². The molecule has 0 saturated carbocycles. The largest absolute Gasteiger partial charge is 0.317 e. The molecule has 5 heteroatoms. The average molecular weight is 239 g/mol. The number of likely N-dealkylation sites (N-methyl/N-ethyl adjacent to an activating group) is 2. The summed E-state index contributed by atoms with van der Waals surface area (Å²) in [5, 5.41) is 3.32. The highest BCUT2D eigenvalue weighted by molar-refractivity contribution is 6.05.